The first kappa shape index (κ1) is 12.6. The molecule has 0 aliphatic heterocycles. The third-order valence-corrected chi connectivity index (χ3v) is 2.83. The van der Waals surface area contributed by atoms with Crippen LogP contribution < -0.4 is 4.74 Å². The first-order chi connectivity index (χ1) is 8.61. The van der Waals surface area contributed by atoms with Crippen molar-refractivity contribution in [3.8, 4) is 5.75 Å². The van der Waals surface area contributed by atoms with Gasteiger partial charge in [0.25, 0.3) is 0 Å². The van der Waals surface area contributed by atoms with Gasteiger partial charge in [-0.3, -0.25) is 4.79 Å². The molecular weight excluding hydrogens is 255 g/mol. The second-order valence-corrected chi connectivity index (χ2v) is 4.09. The van der Waals surface area contributed by atoms with Crippen molar-refractivity contribution in [1.82, 2.24) is 0 Å². The van der Waals surface area contributed by atoms with Gasteiger partial charge >= 0.3 is 0 Å². The zero-order chi connectivity index (χ0) is 13.1. The molecule has 0 atom stereocenters. The van der Waals surface area contributed by atoms with E-state index in [0.717, 1.165) is 6.07 Å². The zero-order valence-corrected chi connectivity index (χ0v) is 10.4. The summed E-state index contributed by atoms with van der Waals surface area (Å²) in [6.45, 7) is 0. The highest BCUT2D eigenvalue weighted by Crippen LogP contribution is 2.22. The first-order valence-electron chi connectivity index (χ1n) is 5.25. The lowest BCUT2D eigenvalue weighted by Gasteiger charge is -2.05. The molecular formula is C14H10ClFO2. The van der Waals surface area contributed by atoms with Crippen molar-refractivity contribution in [3.63, 3.8) is 0 Å². The van der Waals surface area contributed by atoms with Gasteiger partial charge in [-0.1, -0.05) is 23.7 Å². The summed E-state index contributed by atoms with van der Waals surface area (Å²) in [5.41, 5.74) is 0.548. The number of hydrogen-bond donors (Lipinski definition) is 0. The van der Waals surface area contributed by atoms with E-state index in [1.165, 1.54) is 19.2 Å². The van der Waals surface area contributed by atoms with Crippen LogP contribution >= 0.6 is 11.6 Å². The highest BCUT2D eigenvalue weighted by atomic mass is 35.5. The number of rotatable bonds is 3. The maximum atomic E-state index is 13.1. The highest BCUT2D eigenvalue weighted by Gasteiger charge is 2.14. The summed E-state index contributed by atoms with van der Waals surface area (Å²) in [4.78, 5) is 12.2. The summed E-state index contributed by atoms with van der Waals surface area (Å²) in [5.74, 6) is -0.266. The molecule has 2 aromatic rings. The van der Waals surface area contributed by atoms with Crippen LogP contribution in [0.3, 0.4) is 0 Å². The van der Waals surface area contributed by atoms with E-state index < -0.39 is 5.82 Å². The average molecular weight is 265 g/mol. The largest absolute Gasteiger partial charge is 0.497 e. The van der Waals surface area contributed by atoms with E-state index in [4.69, 9.17) is 16.3 Å². The number of methoxy groups -OCH3 is 1. The number of ether oxygens (including phenoxy) is 1. The van der Waals surface area contributed by atoms with Gasteiger partial charge in [-0.2, -0.15) is 0 Å². The molecule has 0 bridgehead atoms. The monoisotopic (exact) mass is 264 g/mol. The molecule has 4 heteroatoms. The third kappa shape index (κ3) is 2.51. The maximum Gasteiger partial charge on any atom is 0.194 e. The molecule has 2 aromatic carbocycles. The maximum absolute atomic E-state index is 13.1. The Morgan fingerprint density at radius 3 is 2.72 bits per heavy atom. The molecule has 0 saturated heterocycles. The lowest BCUT2D eigenvalue weighted by Crippen LogP contribution is -2.03. The summed E-state index contributed by atoms with van der Waals surface area (Å²) >= 11 is 5.90. The zero-order valence-electron chi connectivity index (χ0n) is 9.61. The van der Waals surface area contributed by atoms with E-state index in [1.807, 2.05) is 0 Å². The molecule has 18 heavy (non-hydrogen) atoms. The highest BCUT2D eigenvalue weighted by molar-refractivity contribution is 6.35. The van der Waals surface area contributed by atoms with Gasteiger partial charge in [-0.05, 0) is 30.3 Å². The van der Waals surface area contributed by atoms with Crippen molar-refractivity contribution < 1.29 is 13.9 Å². The third-order valence-electron chi connectivity index (χ3n) is 2.50. The Morgan fingerprint density at radius 2 is 2.00 bits per heavy atom. The van der Waals surface area contributed by atoms with Gasteiger partial charge in [-0.15, -0.1) is 0 Å². The van der Waals surface area contributed by atoms with Gasteiger partial charge in [0.05, 0.1) is 12.1 Å². The van der Waals surface area contributed by atoms with Gasteiger partial charge in [0.1, 0.15) is 11.6 Å². The number of benzene rings is 2. The molecule has 0 spiro atoms. The molecule has 0 amide bonds. The van der Waals surface area contributed by atoms with Crippen molar-refractivity contribution in [2.45, 2.75) is 0 Å². The van der Waals surface area contributed by atoms with Crippen LogP contribution in [-0.4, -0.2) is 12.9 Å². The van der Waals surface area contributed by atoms with Crippen molar-refractivity contribution in [1.29, 1.82) is 0 Å². The van der Waals surface area contributed by atoms with Crippen molar-refractivity contribution >= 4 is 17.4 Å². The van der Waals surface area contributed by atoms with Crippen LogP contribution in [0.15, 0.2) is 42.5 Å². The standard InChI is InChI=1S/C14H10ClFO2/c1-18-11-4-2-3-9(7-11)14(17)12-8-10(16)5-6-13(12)15/h2-8H,1H3. The predicted molar refractivity (Wildman–Crippen MR) is 67.8 cm³/mol. The molecule has 0 heterocycles. The fourth-order valence-corrected chi connectivity index (χ4v) is 1.79. The van der Waals surface area contributed by atoms with Crippen molar-refractivity contribution in [2.75, 3.05) is 7.11 Å². The van der Waals surface area contributed by atoms with Crippen LogP contribution in [-0.2, 0) is 0 Å². The van der Waals surface area contributed by atoms with E-state index in [9.17, 15) is 9.18 Å². The van der Waals surface area contributed by atoms with Crippen LogP contribution in [0.5, 0.6) is 5.75 Å². The molecule has 2 nitrogen and oxygen atoms in total. The Balaban J connectivity index is 2.44. The van der Waals surface area contributed by atoms with Gasteiger partial charge in [0.2, 0.25) is 0 Å². The van der Waals surface area contributed by atoms with Crippen LogP contribution in [0.25, 0.3) is 0 Å². The van der Waals surface area contributed by atoms with Crippen LogP contribution in [0, 0.1) is 5.82 Å². The Bertz CT molecular complexity index is 596. The SMILES string of the molecule is COc1cccc(C(=O)c2cc(F)ccc2Cl)c1. The molecule has 0 radical (unpaired) electrons. The van der Waals surface area contributed by atoms with E-state index >= 15 is 0 Å². The molecule has 0 saturated carbocycles. The molecule has 92 valence electrons. The minimum Gasteiger partial charge on any atom is -0.497 e. The number of hydrogen-bond acceptors (Lipinski definition) is 2. The lowest BCUT2D eigenvalue weighted by atomic mass is 10.0. The smallest absolute Gasteiger partial charge is 0.194 e. The summed E-state index contributed by atoms with van der Waals surface area (Å²) in [5, 5.41) is 0.226. The van der Waals surface area contributed by atoms with E-state index in [2.05, 4.69) is 0 Å². The minimum atomic E-state index is -0.495. The minimum absolute atomic E-state index is 0.143. The normalized spacial score (nSPS) is 10.2. The number of ketones is 1. The van der Waals surface area contributed by atoms with Crippen molar-refractivity contribution in [3.05, 3.63) is 64.4 Å². The fourth-order valence-electron chi connectivity index (χ4n) is 1.59. The first-order valence-corrected chi connectivity index (χ1v) is 5.63. The molecule has 0 unspecified atom stereocenters. The van der Waals surface area contributed by atoms with Crippen LogP contribution in [0.1, 0.15) is 15.9 Å². The topological polar surface area (TPSA) is 26.3 Å². The number of carbonyl (C=O) groups excluding carboxylic acids is 1. The summed E-state index contributed by atoms with van der Waals surface area (Å²) in [7, 11) is 1.51. The predicted octanol–water partition coefficient (Wildman–Crippen LogP) is 3.72. The molecule has 0 aromatic heterocycles. The molecule has 0 aliphatic carbocycles. The molecule has 0 N–H and O–H groups in total. The molecule has 2 rings (SSSR count). The van der Waals surface area contributed by atoms with Gasteiger partial charge in [0, 0.05) is 11.1 Å². The van der Waals surface area contributed by atoms with Crippen LogP contribution in [0.4, 0.5) is 4.39 Å². The quantitative estimate of drug-likeness (QED) is 0.790. The molecule has 0 aliphatic rings. The van der Waals surface area contributed by atoms with Gasteiger partial charge in [0.15, 0.2) is 5.78 Å². The Kier molecular flexibility index (Phi) is 3.63. The second kappa shape index (κ2) is 5.19. The molecule has 0 fully saturated rings. The van der Waals surface area contributed by atoms with E-state index in [0.29, 0.717) is 11.3 Å². The van der Waals surface area contributed by atoms with Crippen LogP contribution in [0.2, 0.25) is 5.02 Å². The van der Waals surface area contributed by atoms with Crippen molar-refractivity contribution in [2.24, 2.45) is 0 Å². The summed E-state index contributed by atoms with van der Waals surface area (Å²) in [6.07, 6.45) is 0. The summed E-state index contributed by atoms with van der Waals surface area (Å²) in [6, 6.07) is 10.3. The van der Waals surface area contributed by atoms with Gasteiger partial charge < -0.3 is 4.74 Å². The van der Waals surface area contributed by atoms with E-state index in [-0.39, 0.29) is 16.4 Å². The fraction of sp³-hybridized carbons (Fsp3) is 0.0714. The Morgan fingerprint density at radius 1 is 1.22 bits per heavy atom. The summed E-state index contributed by atoms with van der Waals surface area (Å²) < 4.78 is 18.2. The van der Waals surface area contributed by atoms with Gasteiger partial charge in [-0.25, -0.2) is 4.39 Å². The second-order valence-electron chi connectivity index (χ2n) is 3.69. The average Bonchev–Trinajstić information content (AvgIpc) is 2.41. The van der Waals surface area contributed by atoms with E-state index in [1.54, 1.807) is 24.3 Å². The number of carbonyl (C=O) groups is 1. The Labute approximate surface area is 109 Å². The lowest BCUT2D eigenvalue weighted by molar-refractivity contribution is 0.103. The number of halogens is 2. The Hall–Kier alpha value is -1.87.